The van der Waals surface area contributed by atoms with Crippen LogP contribution in [0.4, 0.5) is 19.0 Å². The van der Waals surface area contributed by atoms with E-state index in [0.29, 0.717) is 43.5 Å². The minimum absolute atomic E-state index is 0.125. The smallest absolute Gasteiger partial charge is 0.417 e. The first-order chi connectivity index (χ1) is 15.8. The number of alkyl halides is 3. The summed E-state index contributed by atoms with van der Waals surface area (Å²) in [7, 11) is 1.58. The van der Waals surface area contributed by atoms with Crippen LogP contribution < -0.4 is 14.4 Å². The number of methoxy groups -OCH3 is 1. The van der Waals surface area contributed by atoms with Gasteiger partial charge >= 0.3 is 6.18 Å². The third-order valence-corrected chi connectivity index (χ3v) is 5.43. The predicted octanol–water partition coefficient (Wildman–Crippen LogP) is 4.09. The van der Waals surface area contributed by atoms with Gasteiger partial charge in [-0.2, -0.15) is 13.2 Å². The molecule has 2 aromatic rings. The molecule has 1 N–H and O–H groups in total. The van der Waals surface area contributed by atoms with Gasteiger partial charge in [-0.1, -0.05) is 18.2 Å². The summed E-state index contributed by atoms with van der Waals surface area (Å²) >= 11 is 0. The number of β-amino-alcohol motifs (C(OH)–C–C–N with tert-alkyl or cyclic N) is 1. The minimum atomic E-state index is -4.39. The molecule has 0 spiro atoms. The zero-order chi connectivity index (χ0) is 23.8. The van der Waals surface area contributed by atoms with Crippen LogP contribution in [0.1, 0.15) is 24.5 Å². The second-order valence-electron chi connectivity index (χ2n) is 7.92. The van der Waals surface area contributed by atoms with Crippen LogP contribution in [0.2, 0.25) is 0 Å². The lowest BCUT2D eigenvalue weighted by Crippen LogP contribution is -2.38. The number of rotatable bonds is 8. The van der Waals surface area contributed by atoms with Gasteiger partial charge in [-0.05, 0) is 49.7 Å². The van der Waals surface area contributed by atoms with Crippen molar-refractivity contribution < 1.29 is 27.8 Å². The van der Waals surface area contributed by atoms with Crippen molar-refractivity contribution in [1.29, 1.82) is 0 Å². The molecule has 1 aromatic heterocycles. The van der Waals surface area contributed by atoms with Crippen molar-refractivity contribution in [3.8, 4) is 11.5 Å². The van der Waals surface area contributed by atoms with Crippen molar-refractivity contribution in [2.24, 2.45) is 0 Å². The molecule has 3 rings (SSSR count). The van der Waals surface area contributed by atoms with Gasteiger partial charge in [0.25, 0.3) is 0 Å². The highest BCUT2D eigenvalue weighted by molar-refractivity contribution is 5.55. The van der Waals surface area contributed by atoms with Gasteiger partial charge in [0.05, 0.1) is 12.7 Å². The lowest BCUT2D eigenvalue weighted by atomic mass is 10.2. The monoisotopic (exact) mass is 465 g/mol. The molecule has 1 aliphatic rings. The Balaban J connectivity index is 1.50. The molecule has 0 amide bonds. The van der Waals surface area contributed by atoms with Crippen LogP contribution in [0.25, 0.3) is 6.08 Å². The fourth-order valence-electron chi connectivity index (χ4n) is 3.76. The molecular weight excluding hydrogens is 435 g/mol. The van der Waals surface area contributed by atoms with Crippen molar-refractivity contribution in [2.75, 3.05) is 51.3 Å². The molecule has 9 heteroatoms. The molecule has 1 unspecified atom stereocenters. The molecule has 1 saturated heterocycles. The number of aliphatic hydroxyl groups excluding tert-OH is 1. The van der Waals surface area contributed by atoms with E-state index in [1.807, 2.05) is 42.2 Å². The van der Waals surface area contributed by atoms with E-state index in [-0.39, 0.29) is 6.61 Å². The summed E-state index contributed by atoms with van der Waals surface area (Å²) in [5, 5.41) is 10.5. The van der Waals surface area contributed by atoms with Gasteiger partial charge < -0.3 is 19.5 Å². The standard InChI is InChI=1S/C24H30F3N3O3/c1-3-5-18-6-8-21(22(14-18)32-2)33-17-20(31)16-29-10-4-11-30(13-12-29)23-9-7-19(15-28-23)24(25,26)27/h3,5-9,14-15,20,31H,4,10-13,16-17H2,1-2H3/b5-3+. The SMILES string of the molecule is C/C=C/c1ccc(OCC(O)CN2CCCN(c3ccc(C(F)(F)F)cn3)CC2)c(OC)c1. The van der Waals surface area contributed by atoms with Gasteiger partial charge in [0.1, 0.15) is 18.5 Å². The Labute approximate surface area is 192 Å². The van der Waals surface area contributed by atoms with Crippen LogP contribution in [0, 0.1) is 0 Å². The normalized spacial score (nSPS) is 16.6. The number of pyridine rings is 1. The number of allylic oxidation sites excluding steroid dienone is 1. The number of halogens is 3. The molecular formula is C24H30F3N3O3. The summed E-state index contributed by atoms with van der Waals surface area (Å²) in [6.07, 6.45) is 0.506. The number of hydrogen-bond acceptors (Lipinski definition) is 6. The molecule has 0 aliphatic carbocycles. The third kappa shape index (κ3) is 7.10. The Morgan fingerprint density at radius 2 is 1.94 bits per heavy atom. The molecule has 1 aliphatic heterocycles. The number of anilines is 1. The number of aromatic nitrogens is 1. The summed E-state index contributed by atoms with van der Waals surface area (Å²) in [5.41, 5.74) is 0.248. The van der Waals surface area contributed by atoms with Gasteiger partial charge in [0.15, 0.2) is 11.5 Å². The lowest BCUT2D eigenvalue weighted by molar-refractivity contribution is -0.137. The number of ether oxygens (including phenoxy) is 2. The largest absolute Gasteiger partial charge is 0.493 e. The van der Waals surface area contributed by atoms with Gasteiger partial charge in [0.2, 0.25) is 0 Å². The lowest BCUT2D eigenvalue weighted by Gasteiger charge is -2.24. The van der Waals surface area contributed by atoms with Gasteiger partial charge in [0, 0.05) is 32.4 Å². The highest BCUT2D eigenvalue weighted by atomic mass is 19.4. The quantitative estimate of drug-likeness (QED) is 0.634. The Morgan fingerprint density at radius 3 is 2.61 bits per heavy atom. The second-order valence-corrected chi connectivity index (χ2v) is 7.92. The first kappa shape index (κ1) is 24.9. The van der Waals surface area contributed by atoms with Gasteiger partial charge in [-0.25, -0.2) is 4.98 Å². The maximum Gasteiger partial charge on any atom is 0.417 e. The summed E-state index contributed by atoms with van der Waals surface area (Å²) in [5.74, 6) is 1.70. The van der Waals surface area contributed by atoms with Crippen LogP contribution in [-0.2, 0) is 6.18 Å². The maximum atomic E-state index is 12.8. The first-order valence-electron chi connectivity index (χ1n) is 10.9. The average Bonchev–Trinajstić information content (AvgIpc) is 3.03. The summed E-state index contributed by atoms with van der Waals surface area (Å²) in [6, 6.07) is 8.09. The van der Waals surface area contributed by atoms with E-state index in [2.05, 4.69) is 9.88 Å². The minimum Gasteiger partial charge on any atom is -0.493 e. The average molecular weight is 466 g/mol. The summed E-state index contributed by atoms with van der Waals surface area (Å²) in [4.78, 5) is 8.10. The van der Waals surface area contributed by atoms with E-state index in [9.17, 15) is 18.3 Å². The highest BCUT2D eigenvalue weighted by Gasteiger charge is 2.31. The topological polar surface area (TPSA) is 58.1 Å². The molecule has 2 heterocycles. The highest BCUT2D eigenvalue weighted by Crippen LogP contribution is 2.30. The van der Waals surface area contributed by atoms with Crippen molar-refractivity contribution in [2.45, 2.75) is 25.6 Å². The van der Waals surface area contributed by atoms with E-state index in [0.717, 1.165) is 30.8 Å². The molecule has 180 valence electrons. The molecule has 1 aromatic carbocycles. The van der Waals surface area contributed by atoms with E-state index >= 15 is 0 Å². The number of hydrogen-bond donors (Lipinski definition) is 1. The number of nitrogens with zero attached hydrogens (tertiary/aromatic N) is 3. The third-order valence-electron chi connectivity index (χ3n) is 5.43. The molecule has 0 radical (unpaired) electrons. The fourth-order valence-corrected chi connectivity index (χ4v) is 3.76. The van der Waals surface area contributed by atoms with Crippen LogP contribution in [0.5, 0.6) is 11.5 Å². The van der Waals surface area contributed by atoms with E-state index in [4.69, 9.17) is 9.47 Å². The zero-order valence-electron chi connectivity index (χ0n) is 18.9. The number of benzene rings is 1. The van der Waals surface area contributed by atoms with E-state index < -0.39 is 17.8 Å². The van der Waals surface area contributed by atoms with Crippen molar-refractivity contribution in [3.05, 3.63) is 53.7 Å². The zero-order valence-corrected chi connectivity index (χ0v) is 18.9. The fraction of sp³-hybridized carbons (Fsp3) is 0.458. The molecule has 33 heavy (non-hydrogen) atoms. The molecule has 1 atom stereocenters. The van der Waals surface area contributed by atoms with Gasteiger partial charge in [-0.3, -0.25) is 4.90 Å². The van der Waals surface area contributed by atoms with Crippen molar-refractivity contribution in [3.63, 3.8) is 0 Å². The number of aliphatic hydroxyl groups is 1. The van der Waals surface area contributed by atoms with E-state index in [1.54, 1.807) is 7.11 Å². The van der Waals surface area contributed by atoms with Crippen LogP contribution in [-0.4, -0.2) is 67.5 Å². The van der Waals surface area contributed by atoms with Crippen LogP contribution >= 0.6 is 0 Å². The second kappa shape index (κ2) is 11.4. The Bertz CT molecular complexity index is 919. The Kier molecular flexibility index (Phi) is 8.57. The van der Waals surface area contributed by atoms with Gasteiger partial charge in [-0.15, -0.1) is 0 Å². The summed E-state index contributed by atoms with van der Waals surface area (Å²) < 4.78 is 49.4. The van der Waals surface area contributed by atoms with Crippen molar-refractivity contribution in [1.82, 2.24) is 9.88 Å². The first-order valence-corrected chi connectivity index (χ1v) is 10.9. The molecule has 1 fully saturated rings. The maximum absolute atomic E-state index is 12.8. The van der Waals surface area contributed by atoms with Crippen molar-refractivity contribution >= 4 is 11.9 Å². The predicted molar refractivity (Wildman–Crippen MR) is 122 cm³/mol. The molecule has 6 nitrogen and oxygen atoms in total. The Morgan fingerprint density at radius 1 is 1.12 bits per heavy atom. The molecule has 0 bridgehead atoms. The van der Waals surface area contributed by atoms with E-state index in [1.165, 1.54) is 6.07 Å². The van der Waals surface area contributed by atoms with Crippen LogP contribution in [0.3, 0.4) is 0 Å². The Hall–Kier alpha value is -2.78. The van der Waals surface area contributed by atoms with Crippen LogP contribution in [0.15, 0.2) is 42.6 Å². The molecule has 0 saturated carbocycles. The summed E-state index contributed by atoms with van der Waals surface area (Å²) in [6.45, 7) is 5.25.